The highest BCUT2D eigenvalue weighted by atomic mass is 35.5. The van der Waals surface area contributed by atoms with Crippen LogP contribution in [0.2, 0.25) is 10.0 Å². The molecule has 0 aliphatic carbocycles. The summed E-state index contributed by atoms with van der Waals surface area (Å²) in [6, 6.07) is 8.64. The van der Waals surface area contributed by atoms with Crippen LogP contribution >= 0.6 is 35.0 Å². The van der Waals surface area contributed by atoms with E-state index in [4.69, 9.17) is 23.2 Å². The van der Waals surface area contributed by atoms with E-state index in [9.17, 15) is 22.8 Å². The molecule has 3 rings (SSSR count). The fraction of sp³-hybridized carbons (Fsp3) is 0.273. The Balaban J connectivity index is 1.65. The highest BCUT2D eigenvalue weighted by Crippen LogP contribution is 2.34. The van der Waals surface area contributed by atoms with Gasteiger partial charge in [0.15, 0.2) is 11.0 Å². The van der Waals surface area contributed by atoms with Gasteiger partial charge in [0, 0.05) is 17.1 Å². The molecule has 35 heavy (non-hydrogen) atoms. The third kappa shape index (κ3) is 6.89. The quantitative estimate of drug-likeness (QED) is 0.347. The Labute approximate surface area is 213 Å². The van der Waals surface area contributed by atoms with Crippen LogP contribution in [0.1, 0.15) is 41.6 Å². The number of carbonyl (C=O) groups is 2. The number of nitrogens with one attached hydrogen (secondary N) is 2. The van der Waals surface area contributed by atoms with Crippen LogP contribution < -0.4 is 10.6 Å². The fourth-order valence-electron chi connectivity index (χ4n) is 3.08. The normalized spacial score (nSPS) is 12.3. The number of hydrogen-bond donors (Lipinski definition) is 2. The Bertz CT molecular complexity index is 1220. The molecule has 2 aromatic carbocycles. The van der Waals surface area contributed by atoms with Gasteiger partial charge in [0.25, 0.3) is 5.91 Å². The minimum atomic E-state index is -4.56. The second kappa shape index (κ2) is 11.3. The van der Waals surface area contributed by atoms with Crippen LogP contribution in [0.15, 0.2) is 47.6 Å². The molecule has 0 saturated carbocycles. The van der Waals surface area contributed by atoms with Crippen LogP contribution in [0.3, 0.4) is 0 Å². The molecule has 0 unspecified atom stereocenters. The van der Waals surface area contributed by atoms with Gasteiger partial charge in [-0.05, 0) is 56.3 Å². The molecule has 0 spiro atoms. The molecule has 1 aromatic heterocycles. The van der Waals surface area contributed by atoms with E-state index in [2.05, 4.69) is 20.8 Å². The summed E-state index contributed by atoms with van der Waals surface area (Å²) in [5.41, 5.74) is -0.624. The van der Waals surface area contributed by atoms with Crippen molar-refractivity contribution in [1.29, 1.82) is 0 Å². The molecular weight excluding hydrogens is 526 g/mol. The topological polar surface area (TPSA) is 88.9 Å². The minimum absolute atomic E-state index is 0.0133. The van der Waals surface area contributed by atoms with E-state index >= 15 is 0 Å². The van der Waals surface area contributed by atoms with Gasteiger partial charge in [-0.15, -0.1) is 10.2 Å². The van der Waals surface area contributed by atoms with E-state index < -0.39 is 23.7 Å². The predicted octanol–water partition coefficient (Wildman–Crippen LogP) is 5.85. The summed E-state index contributed by atoms with van der Waals surface area (Å²) in [5.74, 6) is -0.534. The van der Waals surface area contributed by atoms with Gasteiger partial charge >= 0.3 is 6.18 Å². The average molecular weight is 546 g/mol. The van der Waals surface area contributed by atoms with E-state index in [-0.39, 0.29) is 22.4 Å². The Morgan fingerprint density at radius 2 is 1.80 bits per heavy atom. The molecule has 186 valence electrons. The van der Waals surface area contributed by atoms with Gasteiger partial charge in [0.1, 0.15) is 0 Å². The molecule has 1 atom stereocenters. The fourth-order valence-corrected chi connectivity index (χ4v) is 4.18. The Hall–Kier alpha value is -2.76. The number of anilines is 1. The molecule has 0 radical (unpaired) electrons. The number of thioether (sulfide) groups is 1. The number of alkyl halides is 3. The Morgan fingerprint density at radius 3 is 2.43 bits per heavy atom. The Kier molecular flexibility index (Phi) is 8.68. The third-order valence-corrected chi connectivity index (χ3v) is 6.35. The summed E-state index contributed by atoms with van der Waals surface area (Å²) in [6.07, 6.45) is -4.56. The predicted molar refractivity (Wildman–Crippen MR) is 129 cm³/mol. The van der Waals surface area contributed by atoms with Crippen LogP contribution in [-0.2, 0) is 17.5 Å². The number of aromatic nitrogens is 3. The van der Waals surface area contributed by atoms with Gasteiger partial charge in [0.05, 0.1) is 28.1 Å². The van der Waals surface area contributed by atoms with Crippen molar-refractivity contribution >= 4 is 52.5 Å². The second-order valence-corrected chi connectivity index (χ2v) is 9.10. The zero-order valence-corrected chi connectivity index (χ0v) is 20.8. The summed E-state index contributed by atoms with van der Waals surface area (Å²) in [5, 5.41) is 14.4. The van der Waals surface area contributed by atoms with Crippen LogP contribution in [0.4, 0.5) is 18.9 Å². The molecule has 1 heterocycles. The van der Waals surface area contributed by atoms with Crippen LogP contribution in [0.25, 0.3) is 0 Å². The van der Waals surface area contributed by atoms with Crippen LogP contribution in [0.5, 0.6) is 0 Å². The van der Waals surface area contributed by atoms with Crippen molar-refractivity contribution in [3.05, 3.63) is 69.5 Å². The molecular formula is C22H20Cl2F3N5O2S. The summed E-state index contributed by atoms with van der Waals surface area (Å²) in [4.78, 5) is 24.9. The number of rotatable bonds is 8. The Morgan fingerprint density at radius 1 is 1.11 bits per heavy atom. The minimum Gasteiger partial charge on any atom is -0.342 e. The number of carbonyl (C=O) groups excluding carboxylic acids is 2. The number of halogens is 5. The smallest absolute Gasteiger partial charge is 0.342 e. The van der Waals surface area contributed by atoms with Gasteiger partial charge in [-0.3, -0.25) is 9.59 Å². The number of hydrogen-bond acceptors (Lipinski definition) is 5. The van der Waals surface area contributed by atoms with Gasteiger partial charge < -0.3 is 15.2 Å². The summed E-state index contributed by atoms with van der Waals surface area (Å²) >= 11 is 12.8. The van der Waals surface area contributed by atoms with Gasteiger partial charge in [-0.1, -0.05) is 35.0 Å². The summed E-state index contributed by atoms with van der Waals surface area (Å²) < 4.78 is 40.6. The van der Waals surface area contributed by atoms with E-state index in [0.717, 1.165) is 30.0 Å². The first-order valence-corrected chi connectivity index (χ1v) is 12.0. The first-order chi connectivity index (χ1) is 16.5. The molecule has 3 aromatic rings. The molecule has 13 heteroatoms. The monoisotopic (exact) mass is 545 g/mol. The summed E-state index contributed by atoms with van der Waals surface area (Å²) in [7, 11) is 0. The number of amides is 2. The molecule has 0 bridgehead atoms. The lowest BCUT2D eigenvalue weighted by molar-refractivity contribution is -0.137. The maximum atomic E-state index is 12.9. The van der Waals surface area contributed by atoms with Crippen molar-refractivity contribution in [2.45, 2.75) is 37.8 Å². The SMILES string of the molecule is CCn1c(SCC(=O)Nc2cc(C(F)(F)F)ccc2Cl)nnc1[C@@H](C)NC(=O)c1ccc(Cl)cc1. The van der Waals surface area contributed by atoms with Crippen LogP contribution in [0, 0.1) is 0 Å². The highest BCUT2D eigenvalue weighted by Gasteiger charge is 2.31. The van der Waals surface area contributed by atoms with Gasteiger partial charge in [-0.2, -0.15) is 13.2 Å². The molecule has 7 nitrogen and oxygen atoms in total. The standard InChI is InChI=1S/C22H20Cl2F3N5O2S/c1-3-32-19(12(2)28-20(34)13-4-7-15(23)8-5-13)30-31-21(32)35-11-18(33)29-17-10-14(22(25,26)27)6-9-16(17)24/h4-10,12H,3,11H2,1-2H3,(H,28,34)(H,29,33)/t12-/m1/s1. The molecule has 0 aliphatic rings. The molecule has 2 N–H and O–H groups in total. The zero-order chi connectivity index (χ0) is 25.8. The second-order valence-electron chi connectivity index (χ2n) is 7.32. The van der Waals surface area contributed by atoms with E-state index in [0.29, 0.717) is 28.1 Å². The van der Waals surface area contributed by atoms with Crippen LogP contribution in [-0.4, -0.2) is 32.3 Å². The van der Waals surface area contributed by atoms with E-state index in [1.165, 1.54) is 0 Å². The average Bonchev–Trinajstić information content (AvgIpc) is 3.22. The summed E-state index contributed by atoms with van der Waals surface area (Å²) in [6.45, 7) is 4.07. The maximum absolute atomic E-state index is 12.9. The van der Waals surface area contributed by atoms with Crippen molar-refractivity contribution in [1.82, 2.24) is 20.1 Å². The first-order valence-electron chi connectivity index (χ1n) is 10.3. The lowest BCUT2D eigenvalue weighted by atomic mass is 10.2. The van der Waals surface area contributed by atoms with Crippen molar-refractivity contribution in [3.8, 4) is 0 Å². The lowest BCUT2D eigenvalue weighted by Gasteiger charge is -2.15. The van der Waals surface area contributed by atoms with Crippen molar-refractivity contribution in [2.24, 2.45) is 0 Å². The van der Waals surface area contributed by atoms with E-state index in [1.54, 1.807) is 35.8 Å². The third-order valence-electron chi connectivity index (χ3n) is 4.80. The number of nitrogens with zero attached hydrogens (tertiary/aromatic N) is 3. The van der Waals surface area contributed by atoms with Gasteiger partial charge in [0.2, 0.25) is 5.91 Å². The van der Waals surface area contributed by atoms with Crippen molar-refractivity contribution in [3.63, 3.8) is 0 Å². The highest BCUT2D eigenvalue weighted by molar-refractivity contribution is 7.99. The molecule has 0 aliphatic heterocycles. The van der Waals surface area contributed by atoms with Crippen molar-refractivity contribution in [2.75, 3.05) is 11.1 Å². The molecule has 0 saturated heterocycles. The van der Waals surface area contributed by atoms with E-state index in [1.807, 2.05) is 6.92 Å². The zero-order valence-electron chi connectivity index (χ0n) is 18.5. The van der Waals surface area contributed by atoms with Gasteiger partial charge in [-0.25, -0.2) is 0 Å². The molecule has 2 amide bonds. The first kappa shape index (κ1) is 26.8. The largest absolute Gasteiger partial charge is 0.416 e. The van der Waals surface area contributed by atoms with Crippen molar-refractivity contribution < 1.29 is 22.8 Å². The number of benzene rings is 2. The lowest BCUT2D eigenvalue weighted by Crippen LogP contribution is -2.28. The maximum Gasteiger partial charge on any atom is 0.416 e. The molecule has 0 fully saturated rings.